The Labute approximate surface area is 198 Å². The van der Waals surface area contributed by atoms with Gasteiger partial charge in [-0.3, -0.25) is 24.6 Å². The number of nitrogens with zero attached hydrogens (tertiary/aromatic N) is 1. The van der Waals surface area contributed by atoms with E-state index in [2.05, 4.69) is 17.6 Å². The van der Waals surface area contributed by atoms with Gasteiger partial charge >= 0.3 is 0 Å². The molecule has 0 unspecified atom stereocenters. The third-order valence-corrected chi connectivity index (χ3v) is 8.02. The number of benzene rings is 2. The normalized spacial score (nSPS) is 27.9. The van der Waals surface area contributed by atoms with Crippen molar-refractivity contribution in [2.24, 2.45) is 11.8 Å². The van der Waals surface area contributed by atoms with E-state index in [4.69, 9.17) is 0 Å². The average molecular weight is 464 g/mol. The number of hydrogen-bond donors (Lipinski definition) is 2. The number of imide groups is 1. The molecule has 2 saturated heterocycles. The third kappa shape index (κ3) is 3.40. The van der Waals surface area contributed by atoms with E-state index < -0.39 is 17.4 Å². The van der Waals surface area contributed by atoms with Gasteiger partial charge in [-0.05, 0) is 48.5 Å². The Hall–Kier alpha value is -2.64. The maximum Gasteiger partial charge on any atom is 0.250 e. The largest absolute Gasteiger partial charge is 0.324 e. The van der Waals surface area contributed by atoms with Gasteiger partial charge in [-0.25, -0.2) is 0 Å². The Morgan fingerprint density at radius 1 is 1.03 bits per heavy atom. The van der Waals surface area contributed by atoms with Crippen LogP contribution in [0.2, 0.25) is 0 Å². The van der Waals surface area contributed by atoms with Crippen LogP contribution in [0.5, 0.6) is 0 Å². The van der Waals surface area contributed by atoms with Crippen LogP contribution < -0.4 is 10.6 Å². The molecule has 0 aliphatic carbocycles. The molecule has 7 heteroatoms. The van der Waals surface area contributed by atoms with Crippen molar-refractivity contribution in [1.29, 1.82) is 0 Å². The van der Waals surface area contributed by atoms with Gasteiger partial charge in [0.2, 0.25) is 17.7 Å². The predicted octanol–water partition coefficient (Wildman–Crippen LogP) is 2.97. The number of rotatable bonds is 7. The van der Waals surface area contributed by atoms with Gasteiger partial charge in [-0.15, -0.1) is 0 Å². The van der Waals surface area contributed by atoms with E-state index in [1.54, 1.807) is 11.8 Å². The lowest BCUT2D eigenvalue weighted by molar-refractivity contribution is -0.142. The summed E-state index contributed by atoms with van der Waals surface area (Å²) in [5, 5.41) is 6.51. The molecule has 2 aromatic carbocycles. The lowest BCUT2D eigenvalue weighted by Crippen LogP contribution is -2.53. The zero-order chi connectivity index (χ0) is 23.2. The van der Waals surface area contributed by atoms with Crippen LogP contribution in [0.3, 0.4) is 0 Å². The minimum absolute atomic E-state index is 0.149. The first-order valence-corrected chi connectivity index (χ1v) is 13.0. The molecule has 0 saturated carbocycles. The smallest absolute Gasteiger partial charge is 0.250 e. The molecule has 0 radical (unpaired) electrons. The molecule has 3 aliphatic heterocycles. The topological polar surface area (TPSA) is 78.5 Å². The first-order valence-electron chi connectivity index (χ1n) is 11.6. The SMILES string of the molecule is CCc1ccc2c(c1)[C@@]1(N[C@@H](CCSC)[C@H]3C(=O)N(CCc4ccccc4)C(=O)[C@@H]31)C(=O)N2. The first kappa shape index (κ1) is 22.2. The average Bonchev–Trinajstić information content (AvgIpc) is 3.41. The van der Waals surface area contributed by atoms with Crippen molar-refractivity contribution in [3.8, 4) is 0 Å². The summed E-state index contributed by atoms with van der Waals surface area (Å²) in [6.45, 7) is 2.41. The number of hydrogen-bond acceptors (Lipinski definition) is 5. The molecule has 6 nitrogen and oxygen atoms in total. The number of nitrogens with one attached hydrogen (secondary N) is 2. The van der Waals surface area contributed by atoms with Gasteiger partial charge in [-0.2, -0.15) is 11.8 Å². The molecular formula is C26H29N3O3S. The Balaban J connectivity index is 1.53. The quantitative estimate of drug-likeness (QED) is 0.618. The van der Waals surface area contributed by atoms with Crippen molar-refractivity contribution >= 4 is 35.2 Å². The van der Waals surface area contributed by atoms with E-state index >= 15 is 0 Å². The summed E-state index contributed by atoms with van der Waals surface area (Å²) in [4.78, 5) is 42.3. The van der Waals surface area contributed by atoms with E-state index in [9.17, 15) is 14.4 Å². The van der Waals surface area contributed by atoms with Crippen molar-refractivity contribution in [3.63, 3.8) is 0 Å². The molecule has 2 aromatic rings. The Morgan fingerprint density at radius 3 is 2.55 bits per heavy atom. The molecule has 33 heavy (non-hydrogen) atoms. The fourth-order valence-corrected chi connectivity index (χ4v) is 6.22. The molecule has 2 N–H and O–H groups in total. The van der Waals surface area contributed by atoms with Crippen molar-refractivity contribution in [2.75, 3.05) is 23.9 Å². The van der Waals surface area contributed by atoms with E-state index in [0.717, 1.165) is 41.0 Å². The molecule has 1 spiro atoms. The van der Waals surface area contributed by atoms with Crippen LogP contribution in [-0.2, 0) is 32.8 Å². The number of carbonyl (C=O) groups excluding carboxylic acids is 3. The van der Waals surface area contributed by atoms with Crippen LogP contribution in [-0.4, -0.2) is 47.2 Å². The van der Waals surface area contributed by atoms with Gasteiger partial charge in [0.05, 0.1) is 11.8 Å². The summed E-state index contributed by atoms with van der Waals surface area (Å²) in [5.74, 6) is -0.998. The van der Waals surface area contributed by atoms with Crippen LogP contribution >= 0.6 is 11.8 Å². The number of fused-ring (bicyclic) bond motifs is 4. The fraction of sp³-hybridized carbons (Fsp3) is 0.423. The van der Waals surface area contributed by atoms with Gasteiger partial charge < -0.3 is 5.32 Å². The monoisotopic (exact) mass is 463 g/mol. The molecule has 0 bridgehead atoms. The maximum atomic E-state index is 13.8. The van der Waals surface area contributed by atoms with Crippen molar-refractivity contribution < 1.29 is 14.4 Å². The molecule has 3 aliphatic rings. The first-order chi connectivity index (χ1) is 16.0. The highest BCUT2D eigenvalue weighted by atomic mass is 32.2. The minimum Gasteiger partial charge on any atom is -0.324 e. The minimum atomic E-state index is -1.19. The Morgan fingerprint density at radius 2 is 1.82 bits per heavy atom. The molecule has 4 atom stereocenters. The van der Waals surface area contributed by atoms with Gasteiger partial charge in [0, 0.05) is 23.8 Å². The molecule has 2 fully saturated rings. The van der Waals surface area contributed by atoms with Crippen LogP contribution in [0.15, 0.2) is 48.5 Å². The van der Waals surface area contributed by atoms with Gasteiger partial charge in [0.25, 0.3) is 0 Å². The van der Waals surface area contributed by atoms with Crippen molar-refractivity contribution in [2.45, 2.75) is 37.8 Å². The Kier molecular flexibility index (Phi) is 5.79. The maximum absolute atomic E-state index is 13.8. The van der Waals surface area contributed by atoms with Crippen LogP contribution in [0, 0.1) is 11.8 Å². The number of carbonyl (C=O) groups is 3. The van der Waals surface area contributed by atoms with Crippen molar-refractivity contribution in [3.05, 3.63) is 65.2 Å². The number of aryl methyl sites for hydroxylation is 1. The summed E-state index contributed by atoms with van der Waals surface area (Å²) in [6.07, 6.45) is 4.20. The van der Waals surface area contributed by atoms with Crippen LogP contribution in [0.4, 0.5) is 5.69 Å². The molecule has 3 heterocycles. The van der Waals surface area contributed by atoms with E-state index in [-0.39, 0.29) is 23.8 Å². The highest BCUT2D eigenvalue weighted by Gasteiger charge is 2.70. The Bertz CT molecular complexity index is 1110. The summed E-state index contributed by atoms with van der Waals surface area (Å²) in [6, 6.07) is 15.6. The number of likely N-dealkylation sites (tertiary alicyclic amines) is 1. The summed E-state index contributed by atoms with van der Waals surface area (Å²) < 4.78 is 0. The standard InChI is InChI=1S/C26H29N3O3S/c1-3-16-9-10-19-18(15-16)26(25(32)27-19)22-21(20(28-26)12-14-33-2)23(30)29(24(22)31)13-11-17-7-5-4-6-8-17/h4-10,15,20-22,28H,3,11-14H2,1-2H3,(H,27,32)/t20-,21+,22+,26-/m0/s1. The number of amides is 3. The summed E-state index contributed by atoms with van der Waals surface area (Å²) >= 11 is 1.71. The van der Waals surface area contributed by atoms with E-state index in [1.807, 2.05) is 54.8 Å². The third-order valence-electron chi connectivity index (χ3n) is 7.38. The van der Waals surface area contributed by atoms with Crippen LogP contribution in [0.25, 0.3) is 0 Å². The molecule has 3 amide bonds. The molecule has 0 aromatic heterocycles. The van der Waals surface area contributed by atoms with Gasteiger partial charge in [0.1, 0.15) is 5.54 Å². The second kappa shape index (κ2) is 8.61. The second-order valence-corrected chi connectivity index (χ2v) is 10.1. The molecule has 172 valence electrons. The van der Waals surface area contributed by atoms with Gasteiger partial charge in [-0.1, -0.05) is 49.4 Å². The predicted molar refractivity (Wildman–Crippen MR) is 130 cm³/mol. The molecular weight excluding hydrogens is 434 g/mol. The fourth-order valence-electron chi connectivity index (χ4n) is 5.73. The zero-order valence-corrected chi connectivity index (χ0v) is 19.8. The summed E-state index contributed by atoms with van der Waals surface area (Å²) in [5.41, 5.74) is 2.53. The van der Waals surface area contributed by atoms with Crippen LogP contribution in [0.1, 0.15) is 30.0 Å². The second-order valence-electron chi connectivity index (χ2n) is 9.10. The van der Waals surface area contributed by atoms with Gasteiger partial charge in [0.15, 0.2) is 0 Å². The molecule has 5 rings (SSSR count). The lowest BCUT2D eigenvalue weighted by Gasteiger charge is -2.29. The zero-order valence-electron chi connectivity index (χ0n) is 19.0. The number of anilines is 1. The summed E-state index contributed by atoms with van der Waals surface area (Å²) in [7, 11) is 0. The number of thioether (sulfide) groups is 1. The van der Waals surface area contributed by atoms with E-state index in [1.165, 1.54) is 4.90 Å². The highest BCUT2D eigenvalue weighted by molar-refractivity contribution is 7.98. The lowest BCUT2D eigenvalue weighted by atomic mass is 9.76. The highest BCUT2D eigenvalue weighted by Crippen LogP contribution is 2.53. The van der Waals surface area contributed by atoms with E-state index in [0.29, 0.717) is 13.0 Å². The van der Waals surface area contributed by atoms with Crippen molar-refractivity contribution in [1.82, 2.24) is 10.2 Å².